The van der Waals surface area contributed by atoms with Gasteiger partial charge in [-0.3, -0.25) is 4.99 Å². The lowest BCUT2D eigenvalue weighted by molar-refractivity contribution is 0.0683. The van der Waals surface area contributed by atoms with Crippen LogP contribution in [0.25, 0.3) is 0 Å². The van der Waals surface area contributed by atoms with Gasteiger partial charge in [0, 0.05) is 46.0 Å². The highest BCUT2D eigenvalue weighted by atomic mass is 127. The standard InChI is InChI=1S/C22H34N6O2.HI/c1-5-29-17(2)21-25-20(30-26-21)15-24-22(23-3)27(4)16-18-9-11-19(12-10-18)28-13-7-6-8-14-28;/h9-12,17H,5-8,13-16H2,1-4H3,(H,23,24);1H. The van der Waals surface area contributed by atoms with Crippen molar-refractivity contribution < 1.29 is 9.26 Å². The highest BCUT2D eigenvalue weighted by Crippen LogP contribution is 2.20. The highest BCUT2D eigenvalue weighted by molar-refractivity contribution is 14.0. The predicted molar refractivity (Wildman–Crippen MR) is 134 cm³/mol. The predicted octanol–water partition coefficient (Wildman–Crippen LogP) is 3.98. The summed E-state index contributed by atoms with van der Waals surface area (Å²) in [7, 11) is 3.79. The molecule has 9 heteroatoms. The van der Waals surface area contributed by atoms with Crippen LogP contribution in [0.15, 0.2) is 33.8 Å². The van der Waals surface area contributed by atoms with Crippen molar-refractivity contribution in [3.63, 3.8) is 0 Å². The number of nitrogens with zero attached hydrogens (tertiary/aromatic N) is 5. The van der Waals surface area contributed by atoms with Crippen LogP contribution in [0.3, 0.4) is 0 Å². The zero-order valence-corrected chi connectivity index (χ0v) is 21.3. The molecule has 1 aromatic heterocycles. The molecule has 2 heterocycles. The molecule has 0 amide bonds. The summed E-state index contributed by atoms with van der Waals surface area (Å²) in [5.74, 6) is 1.84. The van der Waals surface area contributed by atoms with E-state index in [9.17, 15) is 0 Å². The van der Waals surface area contributed by atoms with E-state index in [1.165, 1.54) is 30.5 Å². The molecule has 8 nitrogen and oxygen atoms in total. The van der Waals surface area contributed by atoms with E-state index in [1.807, 2.05) is 20.9 Å². The van der Waals surface area contributed by atoms with E-state index >= 15 is 0 Å². The third-order valence-electron chi connectivity index (χ3n) is 5.31. The first-order chi connectivity index (χ1) is 14.6. The van der Waals surface area contributed by atoms with Crippen LogP contribution < -0.4 is 10.2 Å². The molecule has 1 saturated heterocycles. The van der Waals surface area contributed by atoms with Crippen molar-refractivity contribution >= 4 is 35.6 Å². The molecule has 1 unspecified atom stereocenters. The number of ether oxygens (including phenoxy) is 1. The van der Waals surface area contributed by atoms with Gasteiger partial charge < -0.3 is 24.4 Å². The summed E-state index contributed by atoms with van der Waals surface area (Å²) in [6, 6.07) is 8.86. The van der Waals surface area contributed by atoms with Gasteiger partial charge in [-0.25, -0.2) is 0 Å². The number of guanidine groups is 1. The summed E-state index contributed by atoms with van der Waals surface area (Å²) >= 11 is 0. The minimum absolute atomic E-state index is 0. The van der Waals surface area contributed by atoms with Gasteiger partial charge in [0.1, 0.15) is 6.10 Å². The zero-order chi connectivity index (χ0) is 21.3. The van der Waals surface area contributed by atoms with Crippen LogP contribution in [0.4, 0.5) is 5.69 Å². The van der Waals surface area contributed by atoms with Crippen LogP contribution in [0.5, 0.6) is 0 Å². The minimum Gasteiger partial charge on any atom is -0.372 e. The molecule has 1 aliphatic heterocycles. The van der Waals surface area contributed by atoms with Crippen molar-refractivity contribution in [1.29, 1.82) is 0 Å². The summed E-state index contributed by atoms with van der Waals surface area (Å²) in [6.07, 6.45) is 3.75. The molecule has 1 aromatic carbocycles. The molecule has 0 spiro atoms. The third-order valence-corrected chi connectivity index (χ3v) is 5.31. The molecule has 0 saturated carbocycles. The number of benzene rings is 1. The summed E-state index contributed by atoms with van der Waals surface area (Å²) in [5, 5.41) is 7.27. The highest BCUT2D eigenvalue weighted by Gasteiger charge is 2.15. The average molecular weight is 542 g/mol. The second kappa shape index (κ2) is 12.8. The first-order valence-corrected chi connectivity index (χ1v) is 10.8. The monoisotopic (exact) mass is 542 g/mol. The molecule has 172 valence electrons. The first-order valence-electron chi connectivity index (χ1n) is 10.8. The topological polar surface area (TPSA) is 79.0 Å². The molecule has 1 fully saturated rings. The van der Waals surface area contributed by atoms with Gasteiger partial charge in [0.25, 0.3) is 0 Å². The van der Waals surface area contributed by atoms with Gasteiger partial charge in [-0.05, 0) is 50.8 Å². The van der Waals surface area contributed by atoms with Crippen molar-refractivity contribution in [1.82, 2.24) is 20.4 Å². The molecule has 3 rings (SSSR count). The van der Waals surface area contributed by atoms with E-state index in [0.29, 0.717) is 24.9 Å². The van der Waals surface area contributed by atoms with Crippen LogP contribution >= 0.6 is 24.0 Å². The Hall–Kier alpha value is -1.88. The maximum Gasteiger partial charge on any atom is 0.246 e. The molecule has 1 N–H and O–H groups in total. The number of halogens is 1. The first kappa shape index (κ1) is 25.4. The smallest absolute Gasteiger partial charge is 0.246 e. The summed E-state index contributed by atoms with van der Waals surface area (Å²) in [5.41, 5.74) is 2.56. The van der Waals surface area contributed by atoms with Gasteiger partial charge in [-0.15, -0.1) is 24.0 Å². The van der Waals surface area contributed by atoms with Crippen LogP contribution in [0, 0.1) is 0 Å². The Balaban J connectivity index is 0.00000341. The van der Waals surface area contributed by atoms with Crippen LogP contribution in [0.2, 0.25) is 0 Å². The lowest BCUT2D eigenvalue weighted by Gasteiger charge is -2.29. The number of piperidine rings is 1. The van der Waals surface area contributed by atoms with Crippen molar-refractivity contribution in [3.05, 3.63) is 41.5 Å². The number of hydrogen-bond acceptors (Lipinski definition) is 6. The average Bonchev–Trinajstić information content (AvgIpc) is 3.25. The van der Waals surface area contributed by atoms with E-state index in [1.54, 1.807) is 7.05 Å². The maximum atomic E-state index is 5.50. The number of aliphatic imine (C=N–C) groups is 1. The molecule has 31 heavy (non-hydrogen) atoms. The number of anilines is 1. The van der Waals surface area contributed by atoms with Crippen molar-refractivity contribution in [2.75, 3.05) is 38.7 Å². The number of hydrogen-bond donors (Lipinski definition) is 1. The lowest BCUT2D eigenvalue weighted by atomic mass is 10.1. The van der Waals surface area contributed by atoms with Gasteiger partial charge in [0.2, 0.25) is 5.89 Å². The second-order valence-corrected chi connectivity index (χ2v) is 7.61. The summed E-state index contributed by atoms with van der Waals surface area (Å²) < 4.78 is 10.8. The normalized spacial score (nSPS) is 15.4. The quantitative estimate of drug-likeness (QED) is 0.307. The van der Waals surface area contributed by atoms with Crippen LogP contribution in [-0.4, -0.2) is 54.8 Å². The van der Waals surface area contributed by atoms with Gasteiger partial charge in [-0.2, -0.15) is 4.98 Å². The summed E-state index contributed by atoms with van der Waals surface area (Å²) in [4.78, 5) is 13.3. The van der Waals surface area contributed by atoms with E-state index in [-0.39, 0.29) is 30.1 Å². The molecule has 2 aromatic rings. The Labute approximate surface area is 202 Å². The largest absolute Gasteiger partial charge is 0.372 e. The molecule has 1 aliphatic rings. The van der Waals surface area contributed by atoms with Gasteiger partial charge in [0.15, 0.2) is 11.8 Å². The fourth-order valence-corrected chi connectivity index (χ4v) is 3.68. The van der Waals surface area contributed by atoms with Gasteiger partial charge in [0.05, 0.1) is 6.54 Å². The van der Waals surface area contributed by atoms with E-state index in [0.717, 1.165) is 25.6 Å². The zero-order valence-electron chi connectivity index (χ0n) is 19.0. The SMILES string of the molecule is CCOC(C)c1noc(CNC(=NC)N(C)Cc2ccc(N3CCCCC3)cc2)n1.I. The minimum atomic E-state index is -0.178. The van der Waals surface area contributed by atoms with Crippen molar-refractivity contribution in [2.24, 2.45) is 4.99 Å². The van der Waals surface area contributed by atoms with E-state index < -0.39 is 0 Å². The summed E-state index contributed by atoms with van der Waals surface area (Å²) in [6.45, 7) is 7.97. The second-order valence-electron chi connectivity index (χ2n) is 7.61. The van der Waals surface area contributed by atoms with E-state index in [2.05, 4.69) is 54.5 Å². The Morgan fingerprint density at radius 2 is 1.97 bits per heavy atom. The van der Waals surface area contributed by atoms with Gasteiger partial charge >= 0.3 is 0 Å². The lowest BCUT2D eigenvalue weighted by Crippen LogP contribution is -2.38. The Morgan fingerprint density at radius 1 is 1.26 bits per heavy atom. The fourth-order valence-electron chi connectivity index (χ4n) is 3.68. The van der Waals surface area contributed by atoms with E-state index in [4.69, 9.17) is 9.26 Å². The van der Waals surface area contributed by atoms with Crippen molar-refractivity contribution in [2.45, 2.75) is 52.3 Å². The number of aromatic nitrogens is 2. The molecule has 0 aliphatic carbocycles. The Kier molecular flexibility index (Phi) is 10.5. The van der Waals surface area contributed by atoms with Gasteiger partial charge in [-0.1, -0.05) is 17.3 Å². The molecule has 0 bridgehead atoms. The Morgan fingerprint density at radius 3 is 2.61 bits per heavy atom. The molecule has 0 radical (unpaired) electrons. The van der Waals surface area contributed by atoms with Crippen molar-refractivity contribution in [3.8, 4) is 0 Å². The van der Waals surface area contributed by atoms with Crippen LogP contribution in [0.1, 0.15) is 56.5 Å². The fraction of sp³-hybridized carbons (Fsp3) is 0.591. The molecular weight excluding hydrogens is 507 g/mol. The number of rotatable bonds is 8. The molecule has 1 atom stereocenters. The molecular formula is C22H35IN6O2. The van der Waals surface area contributed by atoms with Crippen LogP contribution in [-0.2, 0) is 17.8 Å². The Bertz CT molecular complexity index is 805. The number of nitrogens with one attached hydrogen (secondary N) is 1. The third kappa shape index (κ3) is 7.34. The maximum absolute atomic E-state index is 5.50.